The van der Waals surface area contributed by atoms with Crippen molar-refractivity contribution in [3.05, 3.63) is 84.9 Å². The largest absolute Gasteiger partial charge is 0.491 e. The number of anilines is 1. The van der Waals surface area contributed by atoms with Crippen molar-refractivity contribution in [2.75, 3.05) is 18.9 Å². The topological polar surface area (TPSA) is 44.5 Å². The highest BCUT2D eigenvalue weighted by Gasteiger charge is 2.17. The SMILES string of the molecule is Nc1ccc(OCCO[SiH](c2ccccc2)c2ccccc2)cc1. The summed E-state index contributed by atoms with van der Waals surface area (Å²) in [6.45, 7) is 1.08. The Bertz CT molecular complexity index is 693. The molecule has 3 aromatic rings. The zero-order chi connectivity index (χ0) is 16.6. The van der Waals surface area contributed by atoms with Gasteiger partial charge in [0.05, 0.1) is 6.61 Å². The molecule has 0 aliphatic heterocycles. The van der Waals surface area contributed by atoms with E-state index in [9.17, 15) is 0 Å². The van der Waals surface area contributed by atoms with E-state index in [0.717, 1.165) is 11.4 Å². The average molecular weight is 335 g/mol. The monoisotopic (exact) mass is 335 g/mol. The molecule has 0 saturated carbocycles. The van der Waals surface area contributed by atoms with Crippen molar-refractivity contribution >= 4 is 25.1 Å². The summed E-state index contributed by atoms with van der Waals surface area (Å²) in [7, 11) is -1.68. The first-order valence-corrected chi connectivity index (χ1v) is 9.65. The van der Waals surface area contributed by atoms with Crippen molar-refractivity contribution in [3.63, 3.8) is 0 Å². The molecular weight excluding hydrogens is 314 g/mol. The van der Waals surface area contributed by atoms with Crippen LogP contribution in [-0.2, 0) is 4.43 Å². The molecule has 0 spiro atoms. The molecule has 4 heteroatoms. The molecule has 0 unspecified atom stereocenters. The van der Waals surface area contributed by atoms with Crippen LogP contribution in [0.25, 0.3) is 0 Å². The van der Waals surface area contributed by atoms with E-state index < -0.39 is 9.04 Å². The molecule has 24 heavy (non-hydrogen) atoms. The summed E-state index contributed by atoms with van der Waals surface area (Å²) in [6.07, 6.45) is 0. The molecule has 0 bridgehead atoms. The number of benzene rings is 3. The summed E-state index contributed by atoms with van der Waals surface area (Å²) in [5.74, 6) is 0.811. The second-order valence-electron chi connectivity index (χ2n) is 5.49. The molecule has 3 aromatic carbocycles. The molecule has 0 fully saturated rings. The highest BCUT2D eigenvalue weighted by molar-refractivity contribution is 6.80. The van der Waals surface area contributed by atoms with Crippen molar-refractivity contribution in [1.29, 1.82) is 0 Å². The zero-order valence-electron chi connectivity index (χ0n) is 13.5. The normalized spacial score (nSPS) is 10.7. The van der Waals surface area contributed by atoms with E-state index in [4.69, 9.17) is 14.9 Å². The summed E-state index contributed by atoms with van der Waals surface area (Å²) < 4.78 is 12.0. The molecule has 0 heterocycles. The standard InChI is InChI=1S/C20H21NO2Si/c21-17-11-13-18(14-12-17)22-15-16-23-24(19-7-3-1-4-8-19)20-9-5-2-6-10-20/h1-14,24H,15-16,21H2. The van der Waals surface area contributed by atoms with Crippen molar-refractivity contribution in [2.45, 2.75) is 0 Å². The van der Waals surface area contributed by atoms with Crippen LogP contribution in [0.4, 0.5) is 5.69 Å². The van der Waals surface area contributed by atoms with Crippen molar-refractivity contribution in [2.24, 2.45) is 0 Å². The smallest absolute Gasteiger partial charge is 0.240 e. The van der Waals surface area contributed by atoms with Crippen LogP contribution in [0.3, 0.4) is 0 Å². The van der Waals surface area contributed by atoms with E-state index in [-0.39, 0.29) is 0 Å². The first-order valence-electron chi connectivity index (χ1n) is 8.03. The number of ether oxygens (including phenoxy) is 1. The predicted molar refractivity (Wildman–Crippen MR) is 102 cm³/mol. The third-order valence-corrected chi connectivity index (χ3v) is 6.27. The molecule has 3 rings (SSSR count). The number of hydrogen-bond acceptors (Lipinski definition) is 3. The van der Waals surface area contributed by atoms with E-state index >= 15 is 0 Å². The summed E-state index contributed by atoms with van der Waals surface area (Å²) in [6, 6.07) is 28.3. The van der Waals surface area contributed by atoms with Crippen LogP contribution >= 0.6 is 0 Å². The lowest BCUT2D eigenvalue weighted by molar-refractivity contribution is 0.222. The van der Waals surface area contributed by atoms with Gasteiger partial charge in [-0.15, -0.1) is 0 Å². The summed E-state index contributed by atoms with van der Waals surface area (Å²) in [5.41, 5.74) is 6.41. The van der Waals surface area contributed by atoms with Crippen LogP contribution < -0.4 is 20.8 Å². The molecule has 0 aromatic heterocycles. The van der Waals surface area contributed by atoms with Crippen LogP contribution in [0.15, 0.2) is 84.9 Å². The Balaban J connectivity index is 1.61. The van der Waals surface area contributed by atoms with Gasteiger partial charge >= 0.3 is 0 Å². The first-order chi connectivity index (χ1) is 11.8. The van der Waals surface area contributed by atoms with Crippen molar-refractivity contribution in [1.82, 2.24) is 0 Å². The minimum Gasteiger partial charge on any atom is -0.491 e. The number of hydrogen-bond donors (Lipinski definition) is 1. The van der Waals surface area contributed by atoms with Crippen molar-refractivity contribution < 1.29 is 9.16 Å². The maximum Gasteiger partial charge on any atom is 0.240 e. The van der Waals surface area contributed by atoms with Crippen LogP contribution in [0.1, 0.15) is 0 Å². The summed E-state index contributed by atoms with van der Waals surface area (Å²) in [5, 5.41) is 2.55. The maximum absolute atomic E-state index is 6.25. The van der Waals surface area contributed by atoms with Gasteiger partial charge in [0, 0.05) is 5.69 Å². The van der Waals surface area contributed by atoms with Crippen LogP contribution in [0, 0.1) is 0 Å². The van der Waals surface area contributed by atoms with Gasteiger partial charge in [0.2, 0.25) is 9.04 Å². The average Bonchev–Trinajstić information content (AvgIpc) is 2.65. The van der Waals surface area contributed by atoms with Crippen LogP contribution in [0.2, 0.25) is 0 Å². The van der Waals surface area contributed by atoms with Gasteiger partial charge in [0.15, 0.2) is 0 Å². The number of rotatable bonds is 7. The molecule has 0 saturated heterocycles. The highest BCUT2D eigenvalue weighted by atomic mass is 28.3. The van der Waals surface area contributed by atoms with Gasteiger partial charge in [0.25, 0.3) is 0 Å². The summed E-state index contributed by atoms with van der Waals surface area (Å²) in [4.78, 5) is 0. The Morgan fingerprint density at radius 1 is 0.667 bits per heavy atom. The van der Waals surface area contributed by atoms with Crippen LogP contribution in [0.5, 0.6) is 5.75 Å². The molecule has 0 atom stereocenters. The lowest BCUT2D eigenvalue weighted by Gasteiger charge is -2.17. The van der Waals surface area contributed by atoms with Gasteiger partial charge < -0.3 is 14.9 Å². The van der Waals surface area contributed by atoms with Gasteiger partial charge in [-0.05, 0) is 34.6 Å². The Labute approximate surface area is 144 Å². The predicted octanol–water partition coefficient (Wildman–Crippen LogP) is 2.20. The molecule has 2 N–H and O–H groups in total. The second-order valence-corrected chi connectivity index (χ2v) is 7.92. The maximum atomic E-state index is 6.25. The van der Waals surface area contributed by atoms with Gasteiger partial charge in [0.1, 0.15) is 12.4 Å². The Kier molecular flexibility index (Phi) is 5.66. The minimum absolute atomic E-state index is 0.521. The number of nitrogens with two attached hydrogens (primary N) is 1. The van der Waals surface area contributed by atoms with Gasteiger partial charge in [-0.25, -0.2) is 0 Å². The fourth-order valence-electron chi connectivity index (χ4n) is 2.53. The molecule has 0 aliphatic rings. The fraction of sp³-hybridized carbons (Fsp3) is 0.100. The van der Waals surface area contributed by atoms with Gasteiger partial charge in [-0.1, -0.05) is 60.7 Å². The molecule has 122 valence electrons. The van der Waals surface area contributed by atoms with Gasteiger partial charge in [-0.3, -0.25) is 0 Å². The third kappa shape index (κ3) is 4.47. The zero-order valence-corrected chi connectivity index (χ0v) is 14.6. The second kappa shape index (κ2) is 8.33. The van der Waals surface area contributed by atoms with Crippen LogP contribution in [-0.4, -0.2) is 22.3 Å². The van der Waals surface area contributed by atoms with Gasteiger partial charge in [-0.2, -0.15) is 0 Å². The van der Waals surface area contributed by atoms with E-state index in [2.05, 4.69) is 48.5 Å². The lowest BCUT2D eigenvalue weighted by atomic mass is 10.3. The molecule has 0 aliphatic carbocycles. The van der Waals surface area contributed by atoms with E-state index in [1.807, 2.05) is 36.4 Å². The highest BCUT2D eigenvalue weighted by Crippen LogP contribution is 2.12. The van der Waals surface area contributed by atoms with E-state index in [0.29, 0.717) is 13.2 Å². The summed E-state index contributed by atoms with van der Waals surface area (Å²) >= 11 is 0. The first kappa shape index (κ1) is 16.3. The van der Waals surface area contributed by atoms with E-state index in [1.165, 1.54) is 10.4 Å². The molecule has 3 nitrogen and oxygen atoms in total. The molecule has 0 amide bonds. The molecular formula is C20H21NO2Si. The fourth-order valence-corrected chi connectivity index (χ4v) is 4.78. The minimum atomic E-state index is -1.68. The number of nitrogen functional groups attached to an aromatic ring is 1. The third-order valence-electron chi connectivity index (χ3n) is 3.72. The van der Waals surface area contributed by atoms with Crippen molar-refractivity contribution in [3.8, 4) is 5.75 Å². The Morgan fingerprint density at radius 3 is 1.75 bits per heavy atom. The Morgan fingerprint density at radius 2 is 1.21 bits per heavy atom. The Hall–Kier alpha value is -2.56. The lowest BCUT2D eigenvalue weighted by Crippen LogP contribution is -2.45. The quantitative estimate of drug-likeness (QED) is 0.409. The van der Waals surface area contributed by atoms with E-state index in [1.54, 1.807) is 0 Å². The molecule has 0 radical (unpaired) electrons.